The van der Waals surface area contributed by atoms with E-state index in [4.69, 9.17) is 0 Å². The highest BCUT2D eigenvalue weighted by molar-refractivity contribution is 7.99. The van der Waals surface area contributed by atoms with E-state index in [1.807, 2.05) is 6.20 Å². The maximum absolute atomic E-state index is 4.61. The van der Waals surface area contributed by atoms with Crippen LogP contribution in [0.25, 0.3) is 0 Å². The van der Waals surface area contributed by atoms with E-state index < -0.39 is 0 Å². The summed E-state index contributed by atoms with van der Waals surface area (Å²) in [6.45, 7) is 10.6. The number of pyridine rings is 1. The molecule has 0 aliphatic heterocycles. The maximum atomic E-state index is 4.61. The first-order valence-electron chi connectivity index (χ1n) is 7.54. The quantitative estimate of drug-likeness (QED) is 0.831. The average Bonchev–Trinajstić information content (AvgIpc) is 2.48. The SMILES string of the molecule is CCNCc1cnc(Sc2ccc(C(C)C)cc2)c(C)c1. The highest BCUT2D eigenvalue weighted by atomic mass is 32.2. The predicted molar refractivity (Wildman–Crippen MR) is 91.0 cm³/mol. The molecule has 0 atom stereocenters. The number of nitrogens with one attached hydrogen (secondary N) is 1. The maximum Gasteiger partial charge on any atom is 0.104 e. The van der Waals surface area contributed by atoms with Crippen molar-refractivity contribution >= 4 is 11.8 Å². The van der Waals surface area contributed by atoms with E-state index in [0.717, 1.165) is 18.1 Å². The topological polar surface area (TPSA) is 24.9 Å². The van der Waals surface area contributed by atoms with Gasteiger partial charge in [-0.15, -0.1) is 0 Å². The molecule has 0 amide bonds. The number of aromatic nitrogens is 1. The van der Waals surface area contributed by atoms with Crippen LogP contribution in [-0.4, -0.2) is 11.5 Å². The van der Waals surface area contributed by atoms with E-state index in [1.54, 1.807) is 11.8 Å². The zero-order valence-electron chi connectivity index (χ0n) is 13.3. The summed E-state index contributed by atoms with van der Waals surface area (Å²) < 4.78 is 0. The Morgan fingerprint density at radius 1 is 1.19 bits per heavy atom. The molecule has 0 aliphatic rings. The van der Waals surface area contributed by atoms with Crippen LogP contribution in [0, 0.1) is 6.92 Å². The molecule has 1 aromatic heterocycles. The van der Waals surface area contributed by atoms with E-state index in [-0.39, 0.29) is 0 Å². The number of nitrogens with zero attached hydrogens (tertiary/aromatic N) is 1. The van der Waals surface area contributed by atoms with Gasteiger partial charge in [-0.2, -0.15) is 0 Å². The van der Waals surface area contributed by atoms with Gasteiger partial charge in [0.2, 0.25) is 0 Å². The fourth-order valence-corrected chi connectivity index (χ4v) is 2.95. The molecular formula is C18H24N2S. The molecule has 1 N–H and O–H groups in total. The monoisotopic (exact) mass is 300 g/mol. The van der Waals surface area contributed by atoms with Crippen molar-refractivity contribution in [1.29, 1.82) is 0 Å². The molecular weight excluding hydrogens is 276 g/mol. The second kappa shape index (κ2) is 7.62. The van der Waals surface area contributed by atoms with Gasteiger partial charge in [-0.05, 0) is 48.2 Å². The first kappa shape index (κ1) is 16.1. The van der Waals surface area contributed by atoms with Gasteiger partial charge in [0.05, 0.1) is 0 Å². The van der Waals surface area contributed by atoms with Gasteiger partial charge >= 0.3 is 0 Å². The van der Waals surface area contributed by atoms with Crippen LogP contribution in [0.4, 0.5) is 0 Å². The summed E-state index contributed by atoms with van der Waals surface area (Å²) in [6, 6.07) is 11.0. The van der Waals surface area contributed by atoms with Crippen molar-refractivity contribution in [3.05, 3.63) is 53.2 Å². The molecule has 0 radical (unpaired) electrons. The lowest BCUT2D eigenvalue weighted by Gasteiger charge is -2.09. The largest absolute Gasteiger partial charge is 0.313 e. The van der Waals surface area contributed by atoms with Crippen molar-refractivity contribution in [1.82, 2.24) is 10.3 Å². The summed E-state index contributed by atoms with van der Waals surface area (Å²) in [4.78, 5) is 5.85. The first-order chi connectivity index (χ1) is 10.1. The number of aryl methyl sites for hydroxylation is 1. The third kappa shape index (κ3) is 4.58. The molecule has 0 saturated carbocycles. The van der Waals surface area contributed by atoms with E-state index in [2.05, 4.69) is 68.3 Å². The zero-order valence-corrected chi connectivity index (χ0v) is 14.1. The first-order valence-corrected chi connectivity index (χ1v) is 8.36. The average molecular weight is 300 g/mol. The fourth-order valence-electron chi connectivity index (χ4n) is 2.13. The Balaban J connectivity index is 2.08. The number of rotatable bonds is 6. The molecule has 0 saturated heterocycles. The van der Waals surface area contributed by atoms with Crippen molar-refractivity contribution in [2.75, 3.05) is 6.54 Å². The molecule has 0 aliphatic carbocycles. The second-order valence-corrected chi connectivity index (χ2v) is 6.63. The Morgan fingerprint density at radius 2 is 1.90 bits per heavy atom. The Hall–Kier alpha value is -1.32. The summed E-state index contributed by atoms with van der Waals surface area (Å²) in [5, 5.41) is 4.42. The van der Waals surface area contributed by atoms with Gasteiger partial charge in [0.1, 0.15) is 5.03 Å². The van der Waals surface area contributed by atoms with Crippen LogP contribution in [0.15, 0.2) is 46.5 Å². The van der Waals surface area contributed by atoms with Gasteiger partial charge in [-0.1, -0.05) is 50.7 Å². The highest BCUT2D eigenvalue weighted by Crippen LogP contribution is 2.29. The van der Waals surface area contributed by atoms with Crippen molar-refractivity contribution in [3.8, 4) is 0 Å². The number of benzene rings is 1. The lowest BCUT2D eigenvalue weighted by molar-refractivity contribution is 0.721. The molecule has 2 aromatic rings. The van der Waals surface area contributed by atoms with Crippen LogP contribution in [-0.2, 0) is 6.54 Å². The predicted octanol–water partition coefficient (Wildman–Crippen LogP) is 4.77. The normalized spacial score (nSPS) is 11.1. The summed E-state index contributed by atoms with van der Waals surface area (Å²) in [5.74, 6) is 0.578. The minimum absolute atomic E-state index is 0.578. The number of hydrogen-bond donors (Lipinski definition) is 1. The molecule has 21 heavy (non-hydrogen) atoms. The Kier molecular flexibility index (Phi) is 5.83. The molecule has 1 heterocycles. The summed E-state index contributed by atoms with van der Waals surface area (Å²) in [5.41, 5.74) is 3.86. The van der Waals surface area contributed by atoms with Crippen LogP contribution in [0.1, 0.15) is 43.4 Å². The van der Waals surface area contributed by atoms with Gasteiger partial charge in [0, 0.05) is 17.6 Å². The summed E-state index contributed by atoms with van der Waals surface area (Å²) in [7, 11) is 0. The Labute approximate surface area is 132 Å². The van der Waals surface area contributed by atoms with Crippen LogP contribution in [0.5, 0.6) is 0 Å². The van der Waals surface area contributed by atoms with E-state index >= 15 is 0 Å². The fraction of sp³-hybridized carbons (Fsp3) is 0.389. The van der Waals surface area contributed by atoms with Gasteiger partial charge < -0.3 is 5.32 Å². The van der Waals surface area contributed by atoms with E-state index in [0.29, 0.717) is 5.92 Å². The smallest absolute Gasteiger partial charge is 0.104 e. The van der Waals surface area contributed by atoms with Crippen LogP contribution in [0.2, 0.25) is 0 Å². The molecule has 0 bridgehead atoms. The second-order valence-electron chi connectivity index (χ2n) is 5.57. The van der Waals surface area contributed by atoms with Gasteiger partial charge in [0.25, 0.3) is 0 Å². The third-order valence-corrected chi connectivity index (χ3v) is 4.56. The van der Waals surface area contributed by atoms with Crippen molar-refractivity contribution in [2.24, 2.45) is 0 Å². The molecule has 1 aromatic carbocycles. The molecule has 2 rings (SSSR count). The Bertz CT molecular complexity index is 576. The minimum Gasteiger partial charge on any atom is -0.313 e. The summed E-state index contributed by atoms with van der Waals surface area (Å²) in [6.07, 6.45) is 1.97. The van der Waals surface area contributed by atoms with E-state index in [1.165, 1.54) is 21.6 Å². The third-order valence-electron chi connectivity index (χ3n) is 3.43. The number of hydrogen-bond acceptors (Lipinski definition) is 3. The van der Waals surface area contributed by atoms with Gasteiger partial charge in [0.15, 0.2) is 0 Å². The summed E-state index contributed by atoms with van der Waals surface area (Å²) >= 11 is 1.74. The van der Waals surface area contributed by atoms with Crippen molar-refractivity contribution in [3.63, 3.8) is 0 Å². The van der Waals surface area contributed by atoms with Crippen LogP contribution in [0.3, 0.4) is 0 Å². The lowest BCUT2D eigenvalue weighted by Crippen LogP contribution is -2.12. The van der Waals surface area contributed by atoms with Crippen LogP contribution < -0.4 is 5.32 Å². The van der Waals surface area contributed by atoms with E-state index in [9.17, 15) is 0 Å². The van der Waals surface area contributed by atoms with Gasteiger partial charge in [-0.25, -0.2) is 4.98 Å². The Morgan fingerprint density at radius 3 is 2.48 bits per heavy atom. The molecule has 3 heteroatoms. The zero-order chi connectivity index (χ0) is 15.2. The van der Waals surface area contributed by atoms with Crippen molar-refractivity contribution in [2.45, 2.75) is 50.1 Å². The molecule has 2 nitrogen and oxygen atoms in total. The molecule has 112 valence electrons. The minimum atomic E-state index is 0.578. The molecule has 0 unspecified atom stereocenters. The molecule has 0 fully saturated rings. The standard InChI is InChI=1S/C18H24N2S/c1-5-19-11-15-10-14(4)18(20-12-15)21-17-8-6-16(7-9-17)13(2)3/h6-10,12-13,19H,5,11H2,1-4H3. The van der Waals surface area contributed by atoms with Gasteiger partial charge in [-0.3, -0.25) is 0 Å². The molecule has 0 spiro atoms. The van der Waals surface area contributed by atoms with Crippen molar-refractivity contribution < 1.29 is 0 Å². The van der Waals surface area contributed by atoms with Crippen LogP contribution >= 0.6 is 11.8 Å². The lowest BCUT2D eigenvalue weighted by atomic mass is 10.0. The highest BCUT2D eigenvalue weighted by Gasteiger charge is 2.05.